The van der Waals surface area contributed by atoms with E-state index < -0.39 is 20.6 Å². The second kappa shape index (κ2) is 8.78. The third-order valence-corrected chi connectivity index (χ3v) is 7.38. The van der Waals surface area contributed by atoms with Crippen LogP contribution in [0.2, 0.25) is 0 Å². The van der Waals surface area contributed by atoms with E-state index in [1.165, 1.54) is 17.0 Å². The second-order valence-electron chi connectivity index (χ2n) is 8.76. The van der Waals surface area contributed by atoms with Gasteiger partial charge in [0.05, 0.1) is 4.75 Å². The number of carbonyl (C=O) groups is 1. The summed E-state index contributed by atoms with van der Waals surface area (Å²) in [6.45, 7) is 5.75. The highest BCUT2D eigenvalue weighted by atomic mass is 32.2. The van der Waals surface area contributed by atoms with Crippen molar-refractivity contribution >= 4 is 21.6 Å². The number of nitrogens with one attached hydrogen (secondary N) is 2. The molecule has 1 aromatic carbocycles. The van der Waals surface area contributed by atoms with E-state index in [2.05, 4.69) is 10.0 Å². The maximum atomic E-state index is 13.8. The molecule has 1 aliphatic carbocycles. The van der Waals surface area contributed by atoms with Crippen LogP contribution in [0.3, 0.4) is 0 Å². The van der Waals surface area contributed by atoms with Crippen LogP contribution in [0.5, 0.6) is 0 Å². The number of rotatable bonds is 6. The van der Waals surface area contributed by atoms with Gasteiger partial charge in [-0.2, -0.15) is 0 Å². The SMILES string of the molecule is CN(C)C(=O)c1cc(F)cc(NC[C@H]2CC[C@H](NS(=O)(=O)C(C)(C)C)CC2)c1. The predicted octanol–water partition coefficient (Wildman–Crippen LogP) is 3.22. The molecule has 0 atom stereocenters. The van der Waals surface area contributed by atoms with Crippen molar-refractivity contribution in [3.63, 3.8) is 0 Å². The number of anilines is 1. The number of amides is 1. The molecular formula is C20H32FN3O3S. The van der Waals surface area contributed by atoms with Crippen LogP contribution in [0, 0.1) is 11.7 Å². The van der Waals surface area contributed by atoms with E-state index in [-0.39, 0.29) is 11.9 Å². The van der Waals surface area contributed by atoms with Crippen LogP contribution in [0.1, 0.15) is 56.8 Å². The van der Waals surface area contributed by atoms with E-state index in [0.717, 1.165) is 25.7 Å². The largest absolute Gasteiger partial charge is 0.385 e. The Morgan fingerprint density at radius 3 is 2.29 bits per heavy atom. The van der Waals surface area contributed by atoms with Crippen molar-refractivity contribution in [3.05, 3.63) is 29.6 Å². The first-order valence-corrected chi connectivity index (χ1v) is 11.2. The minimum absolute atomic E-state index is 0.0287. The van der Waals surface area contributed by atoms with Crippen LogP contribution in [-0.4, -0.2) is 50.7 Å². The predicted molar refractivity (Wildman–Crippen MR) is 110 cm³/mol. The van der Waals surface area contributed by atoms with Crippen LogP contribution in [-0.2, 0) is 10.0 Å². The Morgan fingerprint density at radius 2 is 1.75 bits per heavy atom. The van der Waals surface area contributed by atoms with Crippen LogP contribution in [0.25, 0.3) is 0 Å². The maximum absolute atomic E-state index is 13.8. The van der Waals surface area contributed by atoms with Crippen LogP contribution >= 0.6 is 0 Å². The molecule has 0 aromatic heterocycles. The summed E-state index contributed by atoms with van der Waals surface area (Å²) in [6.07, 6.45) is 3.36. The number of benzene rings is 1. The summed E-state index contributed by atoms with van der Waals surface area (Å²) >= 11 is 0. The Morgan fingerprint density at radius 1 is 1.14 bits per heavy atom. The normalized spacial score (nSPS) is 20.6. The average molecular weight is 414 g/mol. The summed E-state index contributed by atoms with van der Waals surface area (Å²) in [5, 5.41) is 3.23. The Kier molecular flexibility index (Phi) is 7.09. The molecule has 0 saturated heterocycles. The van der Waals surface area contributed by atoms with Crippen LogP contribution in [0.4, 0.5) is 10.1 Å². The summed E-state index contributed by atoms with van der Waals surface area (Å²) in [4.78, 5) is 13.5. The van der Waals surface area contributed by atoms with E-state index in [9.17, 15) is 17.6 Å². The molecule has 2 rings (SSSR count). The van der Waals surface area contributed by atoms with Gasteiger partial charge in [-0.05, 0) is 70.6 Å². The average Bonchev–Trinajstić information content (AvgIpc) is 2.58. The topological polar surface area (TPSA) is 78.5 Å². The smallest absolute Gasteiger partial charge is 0.253 e. The van der Waals surface area contributed by atoms with Gasteiger partial charge < -0.3 is 10.2 Å². The number of halogens is 1. The van der Waals surface area contributed by atoms with Gasteiger partial charge in [0.15, 0.2) is 0 Å². The Hall–Kier alpha value is -1.67. The third-order valence-electron chi connectivity index (χ3n) is 5.12. The summed E-state index contributed by atoms with van der Waals surface area (Å²) in [7, 11) is -0.0748. The molecule has 28 heavy (non-hydrogen) atoms. The Bertz CT molecular complexity index is 795. The van der Waals surface area contributed by atoms with Gasteiger partial charge in [-0.3, -0.25) is 4.79 Å². The number of nitrogens with zero attached hydrogens (tertiary/aromatic N) is 1. The minimum atomic E-state index is -3.34. The van der Waals surface area contributed by atoms with Gasteiger partial charge in [0, 0.05) is 37.9 Å². The van der Waals surface area contributed by atoms with Gasteiger partial charge in [-0.15, -0.1) is 0 Å². The summed E-state index contributed by atoms with van der Waals surface area (Å²) < 4.78 is 40.4. The first kappa shape index (κ1) is 22.6. The maximum Gasteiger partial charge on any atom is 0.253 e. The molecule has 0 aliphatic heterocycles. The molecule has 1 aliphatic rings. The van der Waals surface area contributed by atoms with Gasteiger partial charge in [-0.25, -0.2) is 17.5 Å². The van der Waals surface area contributed by atoms with Crippen molar-refractivity contribution in [2.24, 2.45) is 5.92 Å². The van der Waals surface area contributed by atoms with E-state index in [1.54, 1.807) is 40.9 Å². The quantitative estimate of drug-likeness (QED) is 0.751. The summed E-state index contributed by atoms with van der Waals surface area (Å²) in [6, 6.07) is 4.25. The number of sulfonamides is 1. The molecule has 8 heteroatoms. The zero-order valence-corrected chi connectivity index (χ0v) is 18.2. The highest BCUT2D eigenvalue weighted by Gasteiger charge is 2.32. The molecule has 158 valence electrons. The van der Waals surface area contributed by atoms with E-state index in [0.29, 0.717) is 23.7 Å². The Labute approximate surface area is 167 Å². The lowest BCUT2D eigenvalue weighted by atomic mass is 9.86. The van der Waals surface area contributed by atoms with Gasteiger partial charge in [0.1, 0.15) is 5.82 Å². The van der Waals surface area contributed by atoms with Crippen LogP contribution in [0.15, 0.2) is 18.2 Å². The zero-order chi connectivity index (χ0) is 21.1. The van der Waals surface area contributed by atoms with Crippen molar-refractivity contribution in [3.8, 4) is 0 Å². The fraction of sp³-hybridized carbons (Fsp3) is 0.650. The molecule has 0 heterocycles. The molecule has 1 saturated carbocycles. The molecular weight excluding hydrogens is 381 g/mol. The van der Waals surface area contributed by atoms with Gasteiger partial charge in [0.25, 0.3) is 5.91 Å². The zero-order valence-electron chi connectivity index (χ0n) is 17.4. The molecule has 0 radical (unpaired) electrons. The fourth-order valence-corrected chi connectivity index (χ4v) is 4.24. The van der Waals surface area contributed by atoms with Gasteiger partial charge >= 0.3 is 0 Å². The van der Waals surface area contributed by atoms with Gasteiger partial charge in [0.2, 0.25) is 10.0 Å². The monoisotopic (exact) mass is 413 g/mol. The third kappa shape index (κ3) is 5.91. The first-order valence-electron chi connectivity index (χ1n) is 9.67. The van der Waals surface area contributed by atoms with Crippen molar-refractivity contribution in [2.45, 2.75) is 57.2 Å². The molecule has 1 amide bonds. The highest BCUT2D eigenvalue weighted by molar-refractivity contribution is 7.90. The molecule has 6 nitrogen and oxygen atoms in total. The van der Waals surface area contributed by atoms with Crippen molar-refractivity contribution in [1.82, 2.24) is 9.62 Å². The minimum Gasteiger partial charge on any atom is -0.385 e. The van der Waals surface area contributed by atoms with Crippen LogP contribution < -0.4 is 10.0 Å². The number of hydrogen-bond acceptors (Lipinski definition) is 4. The molecule has 0 unspecified atom stereocenters. The number of carbonyl (C=O) groups excluding carboxylic acids is 1. The first-order chi connectivity index (χ1) is 12.9. The second-order valence-corrected chi connectivity index (χ2v) is 11.2. The summed E-state index contributed by atoms with van der Waals surface area (Å²) in [5.41, 5.74) is 0.897. The van der Waals surface area contributed by atoms with Crippen molar-refractivity contribution in [2.75, 3.05) is 26.0 Å². The lowest BCUT2D eigenvalue weighted by molar-refractivity contribution is 0.0827. The molecule has 1 fully saturated rings. The van der Waals surface area contributed by atoms with Gasteiger partial charge in [-0.1, -0.05) is 0 Å². The summed E-state index contributed by atoms with van der Waals surface area (Å²) in [5.74, 6) is -0.309. The molecule has 1 aromatic rings. The van der Waals surface area contributed by atoms with E-state index in [4.69, 9.17) is 0 Å². The van der Waals surface area contributed by atoms with Crippen molar-refractivity contribution < 1.29 is 17.6 Å². The molecule has 0 spiro atoms. The van der Waals surface area contributed by atoms with E-state index in [1.807, 2.05) is 0 Å². The molecule has 2 N–H and O–H groups in total. The van der Waals surface area contributed by atoms with Crippen molar-refractivity contribution in [1.29, 1.82) is 0 Å². The lowest BCUT2D eigenvalue weighted by Crippen LogP contribution is -2.46. The number of hydrogen-bond donors (Lipinski definition) is 2. The molecule has 0 bridgehead atoms. The Balaban J connectivity index is 1.88. The highest BCUT2D eigenvalue weighted by Crippen LogP contribution is 2.27. The standard InChI is InChI=1S/C20H32FN3O3S/c1-20(2,3)28(26,27)23-17-8-6-14(7-9-17)13-22-18-11-15(10-16(21)12-18)19(25)24(4)5/h10-12,14,17,22-23H,6-9,13H2,1-5H3/t14-,17-. The van der Waals surface area contributed by atoms with E-state index >= 15 is 0 Å². The lowest BCUT2D eigenvalue weighted by Gasteiger charge is -2.31. The fourth-order valence-electron chi connectivity index (χ4n) is 3.22.